The van der Waals surface area contributed by atoms with Crippen molar-refractivity contribution < 1.29 is 4.74 Å². The van der Waals surface area contributed by atoms with Gasteiger partial charge in [0.15, 0.2) is 5.82 Å². The number of hydrogen-bond donors (Lipinski definition) is 0. The van der Waals surface area contributed by atoms with Crippen molar-refractivity contribution in [2.45, 2.75) is 13.8 Å². The van der Waals surface area contributed by atoms with E-state index in [-0.39, 0.29) is 0 Å². The third-order valence-corrected chi connectivity index (χ3v) is 2.86. The first-order valence-corrected chi connectivity index (χ1v) is 5.54. The highest BCUT2D eigenvalue weighted by atomic mass is 16.5. The number of aromatic nitrogens is 2. The van der Waals surface area contributed by atoms with E-state index in [0.717, 1.165) is 16.7 Å². The molecule has 0 saturated carbocycles. The number of nitriles is 1. The lowest BCUT2D eigenvalue weighted by molar-refractivity contribution is 0.411. The van der Waals surface area contributed by atoms with Crippen LogP contribution < -0.4 is 4.74 Å². The smallest absolute Gasteiger partial charge is 0.160 e. The Bertz CT molecular complexity index is 615. The van der Waals surface area contributed by atoms with E-state index in [1.54, 1.807) is 25.6 Å². The molecule has 1 aromatic heterocycles. The number of methoxy groups -OCH3 is 1. The largest absolute Gasteiger partial charge is 0.496 e. The summed E-state index contributed by atoms with van der Waals surface area (Å²) in [6, 6.07) is 5.87. The molecule has 0 aliphatic carbocycles. The maximum absolute atomic E-state index is 9.34. The van der Waals surface area contributed by atoms with Crippen molar-refractivity contribution in [1.82, 2.24) is 9.97 Å². The van der Waals surface area contributed by atoms with Crippen LogP contribution in [0.5, 0.6) is 5.75 Å². The third kappa shape index (κ3) is 1.91. The summed E-state index contributed by atoms with van der Waals surface area (Å²) in [6.45, 7) is 3.79. The van der Waals surface area contributed by atoms with E-state index >= 15 is 0 Å². The second-order valence-corrected chi connectivity index (χ2v) is 3.95. The highest BCUT2D eigenvalue weighted by molar-refractivity contribution is 5.72. The number of rotatable bonds is 2. The predicted octanol–water partition coefficient (Wildman–Crippen LogP) is 2.64. The van der Waals surface area contributed by atoms with Gasteiger partial charge in [0.1, 0.15) is 11.8 Å². The molecule has 90 valence electrons. The Morgan fingerprint density at radius 1 is 1.22 bits per heavy atom. The minimum atomic E-state index is 0.567. The molecule has 0 radical (unpaired) electrons. The molecule has 0 amide bonds. The van der Waals surface area contributed by atoms with Gasteiger partial charge in [-0.05, 0) is 31.5 Å². The Balaban J connectivity index is 2.76. The Hall–Kier alpha value is -2.41. The average Bonchev–Trinajstić information content (AvgIpc) is 2.41. The summed E-state index contributed by atoms with van der Waals surface area (Å²) in [5.41, 5.74) is 3.09. The normalized spacial score (nSPS) is 9.89. The predicted molar refractivity (Wildman–Crippen MR) is 68.2 cm³/mol. The molecule has 0 bridgehead atoms. The van der Waals surface area contributed by atoms with Gasteiger partial charge in [0.2, 0.25) is 0 Å². The molecular formula is C14H13N3O. The molecule has 0 atom stereocenters. The molecule has 2 aromatic rings. The Kier molecular flexibility index (Phi) is 3.24. The standard InChI is InChI=1S/C14H13N3O/c1-9-7-12(18-3)10(2)11(8-15)13(9)14-16-5-4-6-17-14/h4-7H,1-3H3. The monoisotopic (exact) mass is 239 g/mol. The molecule has 1 heterocycles. The van der Waals surface area contributed by atoms with E-state index in [2.05, 4.69) is 16.0 Å². The van der Waals surface area contributed by atoms with Gasteiger partial charge in [-0.2, -0.15) is 5.26 Å². The number of aryl methyl sites for hydroxylation is 1. The summed E-state index contributed by atoms with van der Waals surface area (Å²) in [5, 5.41) is 9.34. The molecule has 0 spiro atoms. The maximum Gasteiger partial charge on any atom is 0.160 e. The Labute approximate surface area is 106 Å². The Morgan fingerprint density at radius 3 is 2.44 bits per heavy atom. The second-order valence-electron chi connectivity index (χ2n) is 3.95. The SMILES string of the molecule is COc1cc(C)c(-c2ncccn2)c(C#N)c1C. The molecule has 0 unspecified atom stereocenters. The van der Waals surface area contributed by atoms with E-state index in [1.165, 1.54) is 0 Å². The van der Waals surface area contributed by atoms with Crippen molar-refractivity contribution >= 4 is 0 Å². The van der Waals surface area contributed by atoms with Gasteiger partial charge in [-0.1, -0.05) is 0 Å². The zero-order valence-electron chi connectivity index (χ0n) is 10.6. The van der Waals surface area contributed by atoms with Crippen LogP contribution in [0.4, 0.5) is 0 Å². The van der Waals surface area contributed by atoms with Crippen molar-refractivity contribution in [3.05, 3.63) is 41.2 Å². The number of benzene rings is 1. The zero-order chi connectivity index (χ0) is 13.1. The maximum atomic E-state index is 9.34. The van der Waals surface area contributed by atoms with E-state index in [0.29, 0.717) is 17.1 Å². The van der Waals surface area contributed by atoms with Gasteiger partial charge < -0.3 is 4.74 Å². The minimum absolute atomic E-state index is 0.567. The molecule has 0 fully saturated rings. The van der Waals surface area contributed by atoms with Crippen molar-refractivity contribution in [2.75, 3.05) is 7.11 Å². The lowest BCUT2D eigenvalue weighted by Crippen LogP contribution is -1.99. The van der Waals surface area contributed by atoms with Crippen molar-refractivity contribution in [1.29, 1.82) is 5.26 Å². The van der Waals surface area contributed by atoms with Crippen molar-refractivity contribution in [2.24, 2.45) is 0 Å². The fraction of sp³-hybridized carbons (Fsp3) is 0.214. The third-order valence-electron chi connectivity index (χ3n) is 2.86. The summed E-state index contributed by atoms with van der Waals surface area (Å²) >= 11 is 0. The first-order chi connectivity index (χ1) is 8.69. The van der Waals surface area contributed by atoms with Crippen LogP contribution in [-0.2, 0) is 0 Å². The molecule has 2 rings (SSSR count). The molecule has 1 aromatic carbocycles. The highest BCUT2D eigenvalue weighted by Crippen LogP contribution is 2.32. The number of hydrogen-bond acceptors (Lipinski definition) is 4. The zero-order valence-corrected chi connectivity index (χ0v) is 10.6. The van der Waals surface area contributed by atoms with Crippen LogP contribution in [0.25, 0.3) is 11.4 Å². The van der Waals surface area contributed by atoms with Gasteiger partial charge in [-0.25, -0.2) is 9.97 Å². The van der Waals surface area contributed by atoms with Gasteiger partial charge in [0, 0.05) is 23.5 Å². The minimum Gasteiger partial charge on any atom is -0.496 e. The fourth-order valence-electron chi connectivity index (χ4n) is 1.95. The average molecular weight is 239 g/mol. The summed E-state index contributed by atoms with van der Waals surface area (Å²) < 4.78 is 5.27. The van der Waals surface area contributed by atoms with E-state index in [4.69, 9.17) is 4.74 Å². The van der Waals surface area contributed by atoms with E-state index < -0.39 is 0 Å². The molecule has 0 aliphatic heterocycles. The van der Waals surface area contributed by atoms with E-state index in [9.17, 15) is 5.26 Å². The van der Waals surface area contributed by atoms with Gasteiger partial charge >= 0.3 is 0 Å². The molecule has 0 N–H and O–H groups in total. The lowest BCUT2D eigenvalue weighted by atomic mass is 9.96. The van der Waals surface area contributed by atoms with Crippen LogP contribution in [0.3, 0.4) is 0 Å². The quantitative estimate of drug-likeness (QED) is 0.808. The van der Waals surface area contributed by atoms with Gasteiger partial charge in [-0.3, -0.25) is 0 Å². The molecular weight excluding hydrogens is 226 g/mol. The summed E-state index contributed by atoms with van der Waals surface area (Å²) in [6.07, 6.45) is 3.34. The molecule has 4 nitrogen and oxygen atoms in total. The number of nitrogens with zero attached hydrogens (tertiary/aromatic N) is 3. The summed E-state index contributed by atoms with van der Waals surface area (Å²) in [7, 11) is 1.60. The first-order valence-electron chi connectivity index (χ1n) is 5.54. The van der Waals surface area contributed by atoms with Crippen LogP contribution in [0.1, 0.15) is 16.7 Å². The van der Waals surface area contributed by atoms with Crippen LogP contribution in [0, 0.1) is 25.2 Å². The fourth-order valence-corrected chi connectivity index (χ4v) is 1.95. The second kappa shape index (κ2) is 4.84. The Morgan fingerprint density at radius 2 is 1.89 bits per heavy atom. The van der Waals surface area contributed by atoms with Crippen LogP contribution in [-0.4, -0.2) is 17.1 Å². The summed E-state index contributed by atoms with van der Waals surface area (Å²) in [5.74, 6) is 1.28. The van der Waals surface area contributed by atoms with Gasteiger partial charge in [0.05, 0.1) is 12.7 Å². The van der Waals surface area contributed by atoms with Crippen LogP contribution >= 0.6 is 0 Å². The van der Waals surface area contributed by atoms with Crippen molar-refractivity contribution in [3.8, 4) is 23.2 Å². The van der Waals surface area contributed by atoms with E-state index in [1.807, 2.05) is 19.9 Å². The van der Waals surface area contributed by atoms with Crippen molar-refractivity contribution in [3.63, 3.8) is 0 Å². The molecule has 18 heavy (non-hydrogen) atoms. The number of ether oxygens (including phenoxy) is 1. The van der Waals surface area contributed by atoms with Crippen LogP contribution in [0.15, 0.2) is 24.5 Å². The van der Waals surface area contributed by atoms with Gasteiger partial charge in [0.25, 0.3) is 0 Å². The van der Waals surface area contributed by atoms with Crippen LogP contribution in [0.2, 0.25) is 0 Å². The first kappa shape index (κ1) is 12.1. The molecule has 0 aliphatic rings. The molecule has 4 heteroatoms. The topological polar surface area (TPSA) is 58.8 Å². The lowest BCUT2D eigenvalue weighted by Gasteiger charge is -2.13. The van der Waals surface area contributed by atoms with Gasteiger partial charge in [-0.15, -0.1) is 0 Å². The highest BCUT2D eigenvalue weighted by Gasteiger charge is 2.16. The molecule has 0 saturated heterocycles. The summed E-state index contributed by atoms with van der Waals surface area (Å²) in [4.78, 5) is 8.42.